The van der Waals surface area contributed by atoms with E-state index in [2.05, 4.69) is 25.6 Å². The van der Waals surface area contributed by atoms with Gasteiger partial charge in [-0.3, -0.25) is 4.99 Å². The number of allylic oxidation sites excluding steroid dienone is 1. The molecule has 0 amide bonds. The molecule has 0 bridgehead atoms. The topological polar surface area (TPSA) is 126 Å². The van der Waals surface area contributed by atoms with Crippen molar-refractivity contribution < 1.29 is 4.74 Å². The van der Waals surface area contributed by atoms with Crippen LogP contribution in [-0.2, 0) is 4.74 Å². The molecule has 4 heterocycles. The molecule has 0 saturated carbocycles. The van der Waals surface area contributed by atoms with Crippen molar-refractivity contribution in [2.45, 2.75) is 31.2 Å². The molecule has 1 aromatic carbocycles. The van der Waals surface area contributed by atoms with Gasteiger partial charge in [-0.05, 0) is 31.5 Å². The number of dihydropyridines is 1. The van der Waals surface area contributed by atoms with Crippen LogP contribution in [0.15, 0.2) is 53.7 Å². The zero-order chi connectivity index (χ0) is 22.6. The van der Waals surface area contributed by atoms with Gasteiger partial charge in [0.15, 0.2) is 0 Å². The Balaban J connectivity index is 1.54. The fraction of sp³-hybridized carbons (Fsp3) is 0.333. The summed E-state index contributed by atoms with van der Waals surface area (Å²) in [6.45, 7) is 1.96. The normalized spacial score (nSPS) is 22.7. The molecule has 2 aliphatic heterocycles. The number of hydrogen-bond donors (Lipinski definition) is 4. The van der Waals surface area contributed by atoms with Crippen LogP contribution in [0.4, 0.5) is 5.95 Å². The van der Waals surface area contributed by atoms with Gasteiger partial charge < -0.3 is 26.1 Å². The summed E-state index contributed by atoms with van der Waals surface area (Å²) in [7, 11) is 1.63. The van der Waals surface area contributed by atoms with Crippen LogP contribution >= 0.6 is 0 Å². The highest BCUT2D eigenvalue weighted by atomic mass is 16.5. The lowest BCUT2D eigenvalue weighted by atomic mass is 10.0. The molecule has 5 rings (SSSR count). The molecule has 5 N–H and O–H groups in total. The fourth-order valence-electron chi connectivity index (χ4n) is 4.14. The number of nitrogens with one attached hydrogen (secondary N) is 3. The van der Waals surface area contributed by atoms with E-state index in [4.69, 9.17) is 20.4 Å². The molecule has 2 unspecified atom stereocenters. The average Bonchev–Trinajstić information content (AvgIpc) is 3.31. The number of benzene rings is 1. The lowest BCUT2D eigenvalue weighted by Gasteiger charge is -2.23. The largest absolute Gasteiger partial charge is 0.374 e. The Morgan fingerprint density at radius 2 is 2.03 bits per heavy atom. The number of nitrogens with two attached hydrogens (primary N) is 1. The summed E-state index contributed by atoms with van der Waals surface area (Å²) >= 11 is 0. The van der Waals surface area contributed by atoms with Crippen molar-refractivity contribution >= 4 is 17.7 Å². The number of aromatic nitrogens is 4. The molecular weight excluding hydrogens is 416 g/mol. The number of ether oxygens (including phenoxy) is 1. The van der Waals surface area contributed by atoms with Crippen LogP contribution in [0.3, 0.4) is 0 Å². The third-order valence-electron chi connectivity index (χ3n) is 5.91. The second kappa shape index (κ2) is 9.62. The summed E-state index contributed by atoms with van der Waals surface area (Å²) in [5.41, 5.74) is 10.2. The van der Waals surface area contributed by atoms with Gasteiger partial charge in [0.1, 0.15) is 23.8 Å². The summed E-state index contributed by atoms with van der Waals surface area (Å²) in [5, 5.41) is 6.86. The average molecular weight is 445 g/mol. The van der Waals surface area contributed by atoms with E-state index in [-0.39, 0.29) is 6.10 Å². The SMILES string of the molecule is COC1C=C(c2[nH]c(-c3ccccc3)nc2-c2ccnc(N[C@@H]3CCCNC3)n2)C=NC1N. The highest BCUT2D eigenvalue weighted by Crippen LogP contribution is 2.31. The maximum atomic E-state index is 6.06. The van der Waals surface area contributed by atoms with Crippen molar-refractivity contribution in [3.8, 4) is 22.8 Å². The highest BCUT2D eigenvalue weighted by Gasteiger charge is 2.24. The summed E-state index contributed by atoms with van der Waals surface area (Å²) in [4.78, 5) is 22.0. The minimum atomic E-state index is -0.433. The molecule has 3 aromatic rings. The monoisotopic (exact) mass is 444 g/mol. The summed E-state index contributed by atoms with van der Waals surface area (Å²) in [6.07, 6.45) is 6.97. The van der Waals surface area contributed by atoms with E-state index in [9.17, 15) is 0 Å². The molecule has 9 nitrogen and oxygen atoms in total. The van der Waals surface area contributed by atoms with Crippen molar-refractivity contribution in [3.63, 3.8) is 0 Å². The first-order valence-corrected chi connectivity index (χ1v) is 11.2. The van der Waals surface area contributed by atoms with Crippen molar-refractivity contribution in [1.82, 2.24) is 25.3 Å². The van der Waals surface area contributed by atoms with Crippen molar-refractivity contribution in [3.05, 3.63) is 54.4 Å². The lowest BCUT2D eigenvalue weighted by Crippen LogP contribution is -2.38. The number of aromatic amines is 1. The summed E-state index contributed by atoms with van der Waals surface area (Å²) in [5.74, 6) is 1.35. The van der Waals surface area contributed by atoms with E-state index < -0.39 is 6.17 Å². The summed E-state index contributed by atoms with van der Waals surface area (Å²) < 4.78 is 5.50. The van der Waals surface area contributed by atoms with E-state index in [1.165, 1.54) is 0 Å². The molecule has 0 aliphatic carbocycles. The summed E-state index contributed by atoms with van der Waals surface area (Å²) in [6, 6.07) is 12.2. The molecule has 0 spiro atoms. The number of H-pyrrole nitrogens is 1. The Bertz CT molecular complexity index is 1150. The molecule has 0 radical (unpaired) electrons. The van der Waals surface area contributed by atoms with E-state index in [0.717, 1.165) is 60.0 Å². The maximum absolute atomic E-state index is 6.06. The first kappa shape index (κ1) is 21.4. The third-order valence-corrected chi connectivity index (χ3v) is 5.91. The number of nitrogens with zero attached hydrogens (tertiary/aromatic N) is 4. The third kappa shape index (κ3) is 4.70. The Morgan fingerprint density at radius 3 is 2.82 bits per heavy atom. The second-order valence-corrected chi connectivity index (χ2v) is 8.22. The van der Waals surface area contributed by atoms with Crippen molar-refractivity contribution in [1.29, 1.82) is 0 Å². The van der Waals surface area contributed by atoms with Crippen LogP contribution in [0.1, 0.15) is 18.5 Å². The lowest BCUT2D eigenvalue weighted by molar-refractivity contribution is 0.120. The van der Waals surface area contributed by atoms with Gasteiger partial charge in [0.05, 0.1) is 11.4 Å². The molecule has 3 atom stereocenters. The van der Waals surface area contributed by atoms with Gasteiger partial charge in [0.25, 0.3) is 0 Å². The van der Waals surface area contributed by atoms with Crippen molar-refractivity contribution in [2.75, 3.05) is 25.5 Å². The van der Waals surface area contributed by atoms with Gasteiger partial charge in [-0.2, -0.15) is 0 Å². The molecule has 33 heavy (non-hydrogen) atoms. The molecule has 1 saturated heterocycles. The molecule has 2 aromatic heterocycles. The van der Waals surface area contributed by atoms with E-state index in [0.29, 0.717) is 12.0 Å². The zero-order valence-corrected chi connectivity index (χ0v) is 18.5. The first-order chi connectivity index (χ1) is 16.2. The molecule has 170 valence electrons. The fourth-order valence-corrected chi connectivity index (χ4v) is 4.14. The number of methoxy groups -OCH3 is 1. The second-order valence-electron chi connectivity index (χ2n) is 8.22. The van der Waals surface area contributed by atoms with Crippen LogP contribution < -0.4 is 16.4 Å². The maximum Gasteiger partial charge on any atom is 0.223 e. The quantitative estimate of drug-likeness (QED) is 0.460. The molecular formula is C24H28N8O. The number of piperidine rings is 1. The van der Waals surface area contributed by atoms with Crippen LogP contribution in [0.2, 0.25) is 0 Å². The van der Waals surface area contributed by atoms with Crippen LogP contribution in [0.25, 0.3) is 28.3 Å². The van der Waals surface area contributed by atoms with Gasteiger partial charge in [-0.25, -0.2) is 15.0 Å². The van der Waals surface area contributed by atoms with Crippen LogP contribution in [0.5, 0.6) is 0 Å². The van der Waals surface area contributed by atoms with E-state index >= 15 is 0 Å². The van der Waals surface area contributed by atoms with E-state index in [1.54, 1.807) is 19.5 Å². The molecule has 1 fully saturated rings. The standard InChI is InChI=1S/C24H28N8O/c1-33-19-12-16(13-28-22(19)25)20-21(32-23(31-20)15-6-3-2-4-7-15)18-9-11-27-24(30-18)29-17-8-5-10-26-14-17/h2-4,6-7,9,11-13,17,19,22,26H,5,8,10,14,25H2,1H3,(H,31,32)(H,27,29,30)/t17-,19?,22?/m1/s1. The smallest absolute Gasteiger partial charge is 0.223 e. The number of aliphatic imine (C=N–C) groups is 1. The molecule has 9 heteroatoms. The Kier molecular flexibility index (Phi) is 6.25. The minimum absolute atomic E-state index is 0.310. The Labute approximate surface area is 192 Å². The predicted molar refractivity (Wildman–Crippen MR) is 130 cm³/mol. The van der Waals surface area contributed by atoms with Crippen LogP contribution in [-0.4, -0.2) is 64.7 Å². The van der Waals surface area contributed by atoms with Gasteiger partial charge in [0.2, 0.25) is 5.95 Å². The number of anilines is 1. The number of rotatable bonds is 6. The minimum Gasteiger partial charge on any atom is -0.374 e. The zero-order valence-electron chi connectivity index (χ0n) is 18.5. The van der Waals surface area contributed by atoms with Crippen LogP contribution in [0, 0.1) is 0 Å². The van der Waals surface area contributed by atoms with Gasteiger partial charge in [-0.15, -0.1) is 0 Å². The first-order valence-electron chi connectivity index (χ1n) is 11.2. The Hall–Kier alpha value is -3.40. The Morgan fingerprint density at radius 1 is 1.15 bits per heavy atom. The number of imidazole rings is 1. The van der Waals surface area contributed by atoms with Gasteiger partial charge >= 0.3 is 0 Å². The van der Waals surface area contributed by atoms with Gasteiger partial charge in [-0.1, -0.05) is 30.3 Å². The van der Waals surface area contributed by atoms with E-state index in [1.807, 2.05) is 42.5 Å². The number of hydrogen-bond acceptors (Lipinski definition) is 8. The predicted octanol–water partition coefficient (Wildman–Crippen LogP) is 2.47. The van der Waals surface area contributed by atoms with Gasteiger partial charge in [0, 0.05) is 43.2 Å². The molecule has 2 aliphatic rings. The highest BCUT2D eigenvalue weighted by molar-refractivity contribution is 6.12. The van der Waals surface area contributed by atoms with Crippen molar-refractivity contribution in [2.24, 2.45) is 10.7 Å².